The van der Waals surface area contributed by atoms with Gasteiger partial charge in [-0.3, -0.25) is 4.79 Å². The van der Waals surface area contributed by atoms with Crippen molar-refractivity contribution in [1.82, 2.24) is 4.90 Å². The van der Waals surface area contributed by atoms with Crippen molar-refractivity contribution in [2.75, 3.05) is 20.1 Å². The van der Waals surface area contributed by atoms with Gasteiger partial charge in [0.2, 0.25) is 0 Å². The minimum absolute atomic E-state index is 0.175. The number of hydrogen-bond acceptors (Lipinski definition) is 3. The first-order valence-corrected chi connectivity index (χ1v) is 6.57. The van der Waals surface area contributed by atoms with Gasteiger partial charge < -0.3 is 9.64 Å². The molecule has 1 aromatic rings. The molecular weight excluding hydrogens is 226 g/mol. The van der Waals surface area contributed by atoms with Crippen LogP contribution in [0.3, 0.4) is 0 Å². The Bertz CT molecular complexity index is 409. The minimum Gasteiger partial charge on any atom is -0.490 e. The van der Waals surface area contributed by atoms with E-state index in [-0.39, 0.29) is 11.9 Å². The number of carbonyl (C=O) groups excluding carboxylic acids is 1. The maximum absolute atomic E-state index is 11.2. The van der Waals surface area contributed by atoms with Crippen LogP contribution in [0.4, 0.5) is 0 Å². The Kier molecular flexibility index (Phi) is 4.37. The summed E-state index contributed by atoms with van der Waals surface area (Å²) in [5.74, 6) is 1.05. The summed E-state index contributed by atoms with van der Waals surface area (Å²) in [6, 6.07) is 7.87. The number of ketones is 1. The van der Waals surface area contributed by atoms with Crippen molar-refractivity contribution in [3.8, 4) is 5.75 Å². The number of benzene rings is 1. The molecule has 1 aromatic carbocycles. The van der Waals surface area contributed by atoms with E-state index in [9.17, 15) is 4.79 Å². The number of rotatable bonds is 4. The molecule has 0 N–H and O–H groups in total. The molecule has 2 rings (SSSR count). The van der Waals surface area contributed by atoms with Gasteiger partial charge in [0.05, 0.1) is 0 Å². The standard InChI is InChI=1S/C15H21NO2/c1-12(17)11-13-5-3-4-6-15(13)18-14-7-9-16(2)10-8-14/h3-6,14H,7-11H2,1-2H3. The maximum Gasteiger partial charge on any atom is 0.134 e. The zero-order valence-corrected chi connectivity index (χ0v) is 11.2. The van der Waals surface area contributed by atoms with Crippen LogP contribution in [0, 0.1) is 0 Å². The number of likely N-dealkylation sites (tertiary alicyclic amines) is 1. The molecule has 0 spiro atoms. The van der Waals surface area contributed by atoms with Crippen LogP contribution in [-0.4, -0.2) is 36.9 Å². The molecule has 1 aliphatic heterocycles. The molecule has 18 heavy (non-hydrogen) atoms. The summed E-state index contributed by atoms with van der Waals surface area (Å²) in [5, 5.41) is 0. The summed E-state index contributed by atoms with van der Waals surface area (Å²) >= 11 is 0. The van der Waals surface area contributed by atoms with E-state index >= 15 is 0 Å². The Morgan fingerprint density at radius 3 is 2.67 bits per heavy atom. The second kappa shape index (κ2) is 6.01. The van der Waals surface area contributed by atoms with Crippen molar-refractivity contribution in [3.05, 3.63) is 29.8 Å². The van der Waals surface area contributed by atoms with Crippen LogP contribution in [0.1, 0.15) is 25.3 Å². The number of carbonyl (C=O) groups is 1. The van der Waals surface area contributed by atoms with Gasteiger partial charge in [0.1, 0.15) is 17.6 Å². The summed E-state index contributed by atoms with van der Waals surface area (Å²) in [4.78, 5) is 13.6. The molecule has 1 fully saturated rings. The monoisotopic (exact) mass is 247 g/mol. The van der Waals surface area contributed by atoms with Crippen LogP contribution in [0.15, 0.2) is 24.3 Å². The van der Waals surface area contributed by atoms with Crippen molar-refractivity contribution < 1.29 is 9.53 Å². The molecule has 0 saturated carbocycles. The average molecular weight is 247 g/mol. The summed E-state index contributed by atoms with van der Waals surface area (Å²) in [6.07, 6.45) is 2.87. The molecule has 0 bridgehead atoms. The van der Waals surface area contributed by atoms with Gasteiger partial charge in [-0.05, 0) is 32.9 Å². The van der Waals surface area contributed by atoms with Gasteiger partial charge in [0.25, 0.3) is 0 Å². The highest BCUT2D eigenvalue weighted by molar-refractivity contribution is 5.78. The largest absolute Gasteiger partial charge is 0.490 e. The van der Waals surface area contributed by atoms with E-state index in [0.717, 1.165) is 37.2 Å². The van der Waals surface area contributed by atoms with E-state index in [1.54, 1.807) is 6.92 Å². The summed E-state index contributed by atoms with van der Waals surface area (Å²) in [6.45, 7) is 3.78. The fourth-order valence-electron chi connectivity index (χ4n) is 2.32. The van der Waals surface area contributed by atoms with Crippen LogP contribution < -0.4 is 4.74 Å². The van der Waals surface area contributed by atoms with Gasteiger partial charge >= 0.3 is 0 Å². The van der Waals surface area contributed by atoms with Gasteiger partial charge in [-0.2, -0.15) is 0 Å². The lowest BCUT2D eigenvalue weighted by atomic mass is 10.1. The van der Waals surface area contributed by atoms with Crippen LogP contribution in [-0.2, 0) is 11.2 Å². The van der Waals surface area contributed by atoms with Gasteiger partial charge in [-0.25, -0.2) is 0 Å². The molecule has 0 unspecified atom stereocenters. The third-order valence-electron chi connectivity index (χ3n) is 3.37. The Labute approximate surface area is 109 Å². The van der Waals surface area contributed by atoms with E-state index in [4.69, 9.17) is 4.74 Å². The van der Waals surface area contributed by atoms with E-state index in [1.807, 2.05) is 24.3 Å². The Hall–Kier alpha value is -1.35. The van der Waals surface area contributed by atoms with Crippen LogP contribution >= 0.6 is 0 Å². The SMILES string of the molecule is CC(=O)Cc1ccccc1OC1CCN(C)CC1. The smallest absolute Gasteiger partial charge is 0.134 e. The number of ether oxygens (including phenoxy) is 1. The molecule has 0 radical (unpaired) electrons. The third kappa shape index (κ3) is 3.57. The van der Waals surface area contributed by atoms with Crippen molar-refractivity contribution in [1.29, 1.82) is 0 Å². The van der Waals surface area contributed by atoms with Crippen LogP contribution in [0.2, 0.25) is 0 Å². The first-order valence-electron chi connectivity index (χ1n) is 6.57. The van der Waals surface area contributed by atoms with Gasteiger partial charge in [-0.15, -0.1) is 0 Å². The van der Waals surface area contributed by atoms with Crippen molar-refractivity contribution in [2.45, 2.75) is 32.3 Å². The molecule has 3 nitrogen and oxygen atoms in total. The molecule has 0 atom stereocenters. The molecule has 1 aliphatic rings. The highest BCUT2D eigenvalue weighted by Crippen LogP contribution is 2.23. The molecule has 0 aliphatic carbocycles. The lowest BCUT2D eigenvalue weighted by Crippen LogP contribution is -2.35. The normalized spacial score (nSPS) is 17.7. The first kappa shape index (κ1) is 13.1. The van der Waals surface area contributed by atoms with Crippen molar-refractivity contribution in [3.63, 3.8) is 0 Å². The summed E-state index contributed by atoms with van der Waals surface area (Å²) < 4.78 is 6.06. The molecule has 1 heterocycles. The molecular formula is C15H21NO2. The predicted molar refractivity (Wildman–Crippen MR) is 72.0 cm³/mol. The molecule has 0 aromatic heterocycles. The average Bonchev–Trinajstić information content (AvgIpc) is 2.34. The fourth-order valence-corrected chi connectivity index (χ4v) is 2.32. The zero-order valence-electron chi connectivity index (χ0n) is 11.2. The fraction of sp³-hybridized carbons (Fsp3) is 0.533. The lowest BCUT2D eigenvalue weighted by molar-refractivity contribution is -0.116. The highest BCUT2D eigenvalue weighted by Gasteiger charge is 2.19. The van der Waals surface area contributed by atoms with E-state index < -0.39 is 0 Å². The molecule has 3 heteroatoms. The van der Waals surface area contributed by atoms with Crippen LogP contribution in [0.5, 0.6) is 5.75 Å². The third-order valence-corrected chi connectivity index (χ3v) is 3.37. The molecule has 1 saturated heterocycles. The van der Waals surface area contributed by atoms with E-state index in [1.165, 1.54) is 0 Å². The number of para-hydroxylation sites is 1. The summed E-state index contributed by atoms with van der Waals surface area (Å²) in [5.41, 5.74) is 1.00. The quantitative estimate of drug-likeness (QED) is 0.817. The Morgan fingerprint density at radius 1 is 1.33 bits per heavy atom. The second-order valence-electron chi connectivity index (χ2n) is 5.11. The van der Waals surface area contributed by atoms with E-state index in [0.29, 0.717) is 6.42 Å². The minimum atomic E-state index is 0.175. The lowest BCUT2D eigenvalue weighted by Gasteiger charge is -2.29. The predicted octanol–water partition coefficient (Wildman–Crippen LogP) is 2.29. The molecule has 98 valence electrons. The zero-order chi connectivity index (χ0) is 13.0. The van der Waals surface area contributed by atoms with Gasteiger partial charge in [0.15, 0.2) is 0 Å². The maximum atomic E-state index is 11.2. The highest BCUT2D eigenvalue weighted by atomic mass is 16.5. The number of hydrogen-bond donors (Lipinski definition) is 0. The second-order valence-corrected chi connectivity index (χ2v) is 5.11. The van der Waals surface area contributed by atoms with Crippen molar-refractivity contribution >= 4 is 5.78 Å². The number of Topliss-reactive ketones (excluding diaryl/α,β-unsaturated/α-hetero) is 1. The van der Waals surface area contributed by atoms with Gasteiger partial charge in [0, 0.05) is 25.1 Å². The van der Waals surface area contributed by atoms with Crippen LogP contribution in [0.25, 0.3) is 0 Å². The van der Waals surface area contributed by atoms with Crippen molar-refractivity contribution in [2.24, 2.45) is 0 Å². The number of piperidine rings is 1. The molecule has 0 amide bonds. The first-order chi connectivity index (χ1) is 8.65. The van der Waals surface area contributed by atoms with E-state index in [2.05, 4.69) is 11.9 Å². The number of nitrogens with zero attached hydrogens (tertiary/aromatic N) is 1. The topological polar surface area (TPSA) is 29.5 Å². The Morgan fingerprint density at radius 2 is 2.00 bits per heavy atom. The Balaban J connectivity index is 2.02. The van der Waals surface area contributed by atoms with Gasteiger partial charge in [-0.1, -0.05) is 18.2 Å². The summed E-state index contributed by atoms with van der Waals surface area (Å²) in [7, 11) is 2.14.